The summed E-state index contributed by atoms with van der Waals surface area (Å²) in [6, 6.07) is 0. The highest BCUT2D eigenvalue weighted by molar-refractivity contribution is 5.67. The van der Waals surface area contributed by atoms with Gasteiger partial charge in [0.2, 0.25) is 5.89 Å². The van der Waals surface area contributed by atoms with Crippen LogP contribution in [0.3, 0.4) is 0 Å². The van der Waals surface area contributed by atoms with Gasteiger partial charge in [-0.2, -0.15) is 4.98 Å². The Kier molecular flexibility index (Phi) is 4.19. The second kappa shape index (κ2) is 5.69. The quantitative estimate of drug-likeness (QED) is 0.845. The van der Waals surface area contributed by atoms with Crippen LogP contribution in [0.4, 0.5) is 0 Å². The minimum absolute atomic E-state index is 0.187. The van der Waals surface area contributed by atoms with Crippen LogP contribution in [0.1, 0.15) is 43.8 Å². The molecular formula is C13H21N3O3. The van der Waals surface area contributed by atoms with Gasteiger partial charge < -0.3 is 14.5 Å². The number of carboxylic acid groups (broad SMARTS) is 1. The van der Waals surface area contributed by atoms with E-state index < -0.39 is 5.97 Å². The maximum Gasteiger partial charge on any atom is 0.303 e. The van der Waals surface area contributed by atoms with E-state index in [4.69, 9.17) is 9.63 Å². The molecule has 0 bridgehead atoms. The number of rotatable bonds is 6. The molecule has 1 aromatic heterocycles. The molecular weight excluding hydrogens is 246 g/mol. The number of aromatic nitrogens is 2. The summed E-state index contributed by atoms with van der Waals surface area (Å²) in [5, 5.41) is 13.0. The highest BCUT2D eigenvalue weighted by atomic mass is 16.5. The largest absolute Gasteiger partial charge is 0.481 e. The van der Waals surface area contributed by atoms with Crippen molar-refractivity contribution in [1.29, 1.82) is 0 Å². The predicted octanol–water partition coefficient (Wildman–Crippen LogP) is 1.71. The topological polar surface area (TPSA) is 79.5 Å². The summed E-state index contributed by atoms with van der Waals surface area (Å²) in [5.41, 5.74) is -0.187. The first kappa shape index (κ1) is 14.0. The van der Waals surface area contributed by atoms with Gasteiger partial charge >= 0.3 is 5.97 Å². The lowest BCUT2D eigenvalue weighted by atomic mass is 9.79. The summed E-state index contributed by atoms with van der Waals surface area (Å²) >= 11 is 0. The van der Waals surface area contributed by atoms with Crippen LogP contribution in [0.25, 0.3) is 0 Å². The van der Waals surface area contributed by atoms with Gasteiger partial charge in [-0.05, 0) is 32.4 Å². The maximum absolute atomic E-state index is 11.0. The number of carboxylic acids is 1. The lowest BCUT2D eigenvalue weighted by molar-refractivity contribution is -0.139. The molecule has 106 valence electrons. The minimum atomic E-state index is -0.741. The van der Waals surface area contributed by atoms with E-state index in [0.717, 1.165) is 25.7 Å². The van der Waals surface area contributed by atoms with Crippen LogP contribution >= 0.6 is 0 Å². The third-order valence-corrected chi connectivity index (χ3v) is 3.68. The van der Waals surface area contributed by atoms with Crippen LogP contribution < -0.4 is 0 Å². The standard InChI is InChI=1S/C13H21N3O3/c1-16(2)9-10-14-11(19-15-10)7-13(8-12(17)18)5-3-4-6-13/h3-9H2,1-2H3,(H,17,18). The molecule has 0 saturated heterocycles. The second-order valence-electron chi connectivity index (χ2n) is 5.80. The molecule has 1 heterocycles. The average molecular weight is 267 g/mol. The zero-order valence-electron chi connectivity index (χ0n) is 11.6. The number of carbonyl (C=O) groups is 1. The van der Waals surface area contributed by atoms with Gasteiger partial charge in [-0.1, -0.05) is 18.0 Å². The minimum Gasteiger partial charge on any atom is -0.481 e. The van der Waals surface area contributed by atoms with Gasteiger partial charge in [0.05, 0.1) is 13.0 Å². The first-order valence-electron chi connectivity index (χ1n) is 6.67. The molecule has 0 spiro atoms. The summed E-state index contributed by atoms with van der Waals surface area (Å²) in [6.45, 7) is 0.634. The molecule has 1 N–H and O–H groups in total. The molecule has 1 aliphatic rings. The Bertz CT molecular complexity index is 436. The Labute approximate surface area is 112 Å². The fraction of sp³-hybridized carbons (Fsp3) is 0.769. The fourth-order valence-electron chi connectivity index (χ4n) is 2.89. The molecule has 0 radical (unpaired) electrons. The van der Waals surface area contributed by atoms with E-state index in [9.17, 15) is 4.79 Å². The molecule has 19 heavy (non-hydrogen) atoms. The Morgan fingerprint density at radius 2 is 2.11 bits per heavy atom. The number of hydrogen-bond donors (Lipinski definition) is 1. The molecule has 0 amide bonds. The second-order valence-corrected chi connectivity index (χ2v) is 5.80. The third-order valence-electron chi connectivity index (χ3n) is 3.68. The van der Waals surface area contributed by atoms with Crippen LogP contribution in [0.2, 0.25) is 0 Å². The van der Waals surface area contributed by atoms with E-state index in [0.29, 0.717) is 24.7 Å². The van der Waals surface area contributed by atoms with Crippen molar-refractivity contribution in [2.75, 3.05) is 14.1 Å². The smallest absolute Gasteiger partial charge is 0.303 e. The molecule has 6 nitrogen and oxygen atoms in total. The number of hydrogen-bond acceptors (Lipinski definition) is 5. The van der Waals surface area contributed by atoms with E-state index in [1.54, 1.807) is 0 Å². The van der Waals surface area contributed by atoms with Crippen molar-refractivity contribution < 1.29 is 14.4 Å². The van der Waals surface area contributed by atoms with Gasteiger partial charge in [0.25, 0.3) is 0 Å². The summed E-state index contributed by atoms with van der Waals surface area (Å²) in [5.74, 6) is 0.485. The van der Waals surface area contributed by atoms with Gasteiger partial charge in [-0.15, -0.1) is 0 Å². The van der Waals surface area contributed by atoms with Gasteiger partial charge in [0.1, 0.15) is 0 Å². The van der Waals surface area contributed by atoms with Crippen molar-refractivity contribution >= 4 is 5.97 Å². The molecule has 1 saturated carbocycles. The van der Waals surface area contributed by atoms with Crippen molar-refractivity contribution in [1.82, 2.24) is 15.0 Å². The number of aliphatic carboxylic acids is 1. The zero-order valence-corrected chi connectivity index (χ0v) is 11.6. The highest BCUT2D eigenvalue weighted by Crippen LogP contribution is 2.43. The maximum atomic E-state index is 11.0. The molecule has 1 aromatic rings. The predicted molar refractivity (Wildman–Crippen MR) is 68.5 cm³/mol. The molecule has 0 unspecified atom stereocenters. The van der Waals surface area contributed by atoms with Crippen LogP contribution in [0.15, 0.2) is 4.52 Å². The van der Waals surface area contributed by atoms with E-state index in [-0.39, 0.29) is 11.8 Å². The van der Waals surface area contributed by atoms with Crippen LogP contribution in [-0.2, 0) is 17.8 Å². The first-order chi connectivity index (χ1) is 8.99. The summed E-state index contributed by atoms with van der Waals surface area (Å²) in [7, 11) is 3.89. The van der Waals surface area contributed by atoms with E-state index in [2.05, 4.69) is 10.1 Å². The van der Waals surface area contributed by atoms with Crippen molar-refractivity contribution in [2.24, 2.45) is 5.41 Å². The summed E-state index contributed by atoms with van der Waals surface area (Å²) < 4.78 is 5.25. The van der Waals surface area contributed by atoms with E-state index >= 15 is 0 Å². The zero-order chi connectivity index (χ0) is 13.9. The molecule has 1 fully saturated rings. The molecule has 0 aliphatic heterocycles. The van der Waals surface area contributed by atoms with Gasteiger partial charge in [0, 0.05) is 6.42 Å². The van der Waals surface area contributed by atoms with Gasteiger partial charge in [-0.25, -0.2) is 0 Å². The monoisotopic (exact) mass is 267 g/mol. The van der Waals surface area contributed by atoms with E-state index in [1.807, 2.05) is 19.0 Å². The Morgan fingerprint density at radius 3 is 2.68 bits per heavy atom. The third kappa shape index (κ3) is 3.76. The normalized spacial score (nSPS) is 18.1. The Hall–Kier alpha value is -1.43. The molecule has 0 aromatic carbocycles. The highest BCUT2D eigenvalue weighted by Gasteiger charge is 2.37. The fourth-order valence-corrected chi connectivity index (χ4v) is 2.89. The summed E-state index contributed by atoms with van der Waals surface area (Å²) in [6.07, 6.45) is 4.82. The SMILES string of the molecule is CN(C)Cc1noc(CC2(CC(=O)O)CCCC2)n1. The first-order valence-corrected chi connectivity index (χ1v) is 6.67. The lowest BCUT2D eigenvalue weighted by Gasteiger charge is -2.24. The van der Waals surface area contributed by atoms with Gasteiger partial charge in [-0.3, -0.25) is 4.79 Å². The van der Waals surface area contributed by atoms with Crippen molar-refractivity contribution in [3.8, 4) is 0 Å². The Morgan fingerprint density at radius 1 is 1.42 bits per heavy atom. The van der Waals surface area contributed by atoms with Gasteiger partial charge in [0.15, 0.2) is 5.82 Å². The van der Waals surface area contributed by atoms with Crippen LogP contribution in [0, 0.1) is 5.41 Å². The number of nitrogens with zero attached hydrogens (tertiary/aromatic N) is 3. The molecule has 6 heteroatoms. The van der Waals surface area contributed by atoms with Crippen molar-refractivity contribution in [3.63, 3.8) is 0 Å². The van der Waals surface area contributed by atoms with Crippen LogP contribution in [-0.4, -0.2) is 40.2 Å². The molecule has 0 atom stereocenters. The van der Waals surface area contributed by atoms with Crippen LogP contribution in [0.5, 0.6) is 0 Å². The van der Waals surface area contributed by atoms with Crippen molar-refractivity contribution in [2.45, 2.75) is 45.1 Å². The lowest BCUT2D eigenvalue weighted by Crippen LogP contribution is -2.24. The summed E-state index contributed by atoms with van der Waals surface area (Å²) in [4.78, 5) is 17.4. The van der Waals surface area contributed by atoms with Crippen molar-refractivity contribution in [3.05, 3.63) is 11.7 Å². The Balaban J connectivity index is 2.05. The average Bonchev–Trinajstić information content (AvgIpc) is 2.87. The molecule has 2 rings (SSSR count). The van der Waals surface area contributed by atoms with E-state index in [1.165, 1.54) is 0 Å². The molecule has 1 aliphatic carbocycles.